The number of halogens is 1. The summed E-state index contributed by atoms with van der Waals surface area (Å²) >= 11 is 6.05. The number of ether oxygens (including phenoxy) is 3. The van der Waals surface area contributed by atoms with Crippen LogP contribution in [0.15, 0.2) is 36.4 Å². The lowest BCUT2D eigenvalue weighted by atomic mass is 10.1. The molecule has 0 unspecified atom stereocenters. The normalized spacial score (nSPS) is 10.2. The van der Waals surface area contributed by atoms with Crippen molar-refractivity contribution in [2.24, 2.45) is 0 Å². The highest BCUT2D eigenvalue weighted by Crippen LogP contribution is 2.32. The second-order valence-corrected chi connectivity index (χ2v) is 6.31. The average molecular weight is 407 g/mol. The van der Waals surface area contributed by atoms with Gasteiger partial charge in [0.2, 0.25) is 5.91 Å². The fourth-order valence-corrected chi connectivity index (χ4v) is 2.70. The van der Waals surface area contributed by atoms with E-state index in [0.717, 1.165) is 5.56 Å². The minimum atomic E-state index is -0.558. The van der Waals surface area contributed by atoms with Crippen LogP contribution in [0, 0.1) is 0 Å². The number of rotatable bonds is 9. The molecule has 0 atom stereocenters. The highest BCUT2D eigenvalue weighted by atomic mass is 35.5. The lowest BCUT2D eigenvalue weighted by molar-refractivity contribution is -0.120. The van der Waals surface area contributed by atoms with Gasteiger partial charge in [-0.05, 0) is 18.1 Å². The summed E-state index contributed by atoms with van der Waals surface area (Å²) in [6, 6.07) is 10.2. The summed E-state index contributed by atoms with van der Waals surface area (Å²) < 4.78 is 15.6. The lowest BCUT2D eigenvalue weighted by Gasteiger charge is -2.14. The number of carbonyl (C=O) groups excluding carboxylic acids is 2. The number of methoxy groups -OCH3 is 2. The van der Waals surface area contributed by atoms with Crippen LogP contribution in [0.2, 0.25) is 5.02 Å². The summed E-state index contributed by atoms with van der Waals surface area (Å²) in [7, 11) is 2.76. The van der Waals surface area contributed by atoms with E-state index in [4.69, 9.17) is 31.5 Å². The van der Waals surface area contributed by atoms with Crippen molar-refractivity contribution in [1.29, 1.82) is 0 Å². The predicted molar refractivity (Wildman–Crippen MR) is 107 cm³/mol. The molecule has 2 rings (SSSR count). The van der Waals surface area contributed by atoms with Crippen LogP contribution in [0.4, 0.5) is 5.69 Å². The Morgan fingerprint density at radius 2 is 1.89 bits per heavy atom. The largest absolute Gasteiger partial charge is 0.493 e. The zero-order valence-corrected chi connectivity index (χ0v) is 16.5. The fraction of sp³-hybridized carbons (Fsp3) is 0.300. The van der Waals surface area contributed by atoms with E-state index in [-0.39, 0.29) is 23.6 Å². The maximum absolute atomic E-state index is 12.0. The Balaban J connectivity index is 1.83. The van der Waals surface area contributed by atoms with Gasteiger partial charge in [-0.15, -0.1) is 0 Å². The number of nitrogens with two attached hydrogens (primary N) is 1. The Hall–Kier alpha value is -2.93. The first-order valence-electron chi connectivity index (χ1n) is 8.65. The van der Waals surface area contributed by atoms with E-state index in [1.807, 2.05) is 18.2 Å². The summed E-state index contributed by atoms with van der Waals surface area (Å²) in [5.74, 6) is 0.107. The number of nitrogens with one attached hydrogen (secondary N) is 1. The standard InChI is InChI=1S/C20H23ClN2O5/c1-26-17-12-16(22)14(20(25)27-2)11-18(17)28-9-5-8-23-19(24)10-13-6-3-4-7-15(13)21/h3-4,6-7,11-12H,5,8-10,22H2,1-2H3,(H,23,24). The summed E-state index contributed by atoms with van der Waals surface area (Å²) in [6.45, 7) is 0.748. The Morgan fingerprint density at radius 3 is 2.57 bits per heavy atom. The number of amides is 1. The second-order valence-electron chi connectivity index (χ2n) is 5.90. The van der Waals surface area contributed by atoms with Crippen LogP contribution in [0.3, 0.4) is 0 Å². The Bertz CT molecular complexity index is 841. The third kappa shape index (κ3) is 5.79. The first kappa shape index (κ1) is 21.4. The predicted octanol–water partition coefficient (Wildman–Crippen LogP) is 2.85. The number of benzene rings is 2. The zero-order chi connectivity index (χ0) is 20.5. The molecule has 0 aliphatic carbocycles. The molecule has 1 amide bonds. The van der Waals surface area contributed by atoms with Gasteiger partial charge < -0.3 is 25.3 Å². The summed E-state index contributed by atoms with van der Waals surface area (Å²) in [4.78, 5) is 23.7. The molecule has 0 saturated carbocycles. The van der Waals surface area contributed by atoms with E-state index in [2.05, 4.69) is 5.32 Å². The van der Waals surface area contributed by atoms with Crippen molar-refractivity contribution in [1.82, 2.24) is 5.32 Å². The molecular formula is C20H23ClN2O5. The molecule has 2 aromatic rings. The average Bonchev–Trinajstić information content (AvgIpc) is 2.69. The van der Waals surface area contributed by atoms with Gasteiger partial charge in [-0.1, -0.05) is 29.8 Å². The first-order chi connectivity index (χ1) is 13.5. The van der Waals surface area contributed by atoms with Crippen molar-refractivity contribution in [3.05, 3.63) is 52.5 Å². The smallest absolute Gasteiger partial charge is 0.340 e. The van der Waals surface area contributed by atoms with E-state index in [1.54, 1.807) is 6.07 Å². The van der Waals surface area contributed by atoms with Crippen LogP contribution >= 0.6 is 11.6 Å². The maximum Gasteiger partial charge on any atom is 0.340 e. The van der Waals surface area contributed by atoms with E-state index >= 15 is 0 Å². The van der Waals surface area contributed by atoms with Crippen molar-refractivity contribution in [2.75, 3.05) is 33.1 Å². The third-order valence-corrected chi connectivity index (χ3v) is 4.32. The lowest BCUT2D eigenvalue weighted by Crippen LogP contribution is -2.27. The number of nitrogen functional groups attached to an aromatic ring is 1. The van der Waals surface area contributed by atoms with Gasteiger partial charge in [0.1, 0.15) is 0 Å². The molecule has 0 heterocycles. The molecule has 0 bridgehead atoms. The highest BCUT2D eigenvalue weighted by Gasteiger charge is 2.16. The summed E-state index contributed by atoms with van der Waals surface area (Å²) in [5, 5.41) is 3.39. The number of carbonyl (C=O) groups is 2. The van der Waals surface area contributed by atoms with Crippen LogP contribution in [-0.2, 0) is 16.0 Å². The van der Waals surface area contributed by atoms with Crippen molar-refractivity contribution < 1.29 is 23.8 Å². The van der Waals surface area contributed by atoms with Gasteiger partial charge in [0.15, 0.2) is 11.5 Å². The van der Waals surface area contributed by atoms with Crippen molar-refractivity contribution in [2.45, 2.75) is 12.8 Å². The van der Waals surface area contributed by atoms with Gasteiger partial charge in [-0.2, -0.15) is 0 Å². The van der Waals surface area contributed by atoms with E-state index in [1.165, 1.54) is 26.4 Å². The SMILES string of the molecule is COC(=O)c1cc(OCCCNC(=O)Cc2ccccc2Cl)c(OC)cc1N. The molecule has 0 radical (unpaired) electrons. The number of anilines is 1. The van der Waals surface area contributed by atoms with Gasteiger partial charge in [0.05, 0.1) is 38.5 Å². The first-order valence-corrected chi connectivity index (χ1v) is 9.02. The third-order valence-electron chi connectivity index (χ3n) is 3.95. The molecule has 0 spiro atoms. The molecule has 0 aliphatic heterocycles. The molecule has 8 heteroatoms. The van der Waals surface area contributed by atoms with Gasteiger partial charge in [0, 0.05) is 23.7 Å². The Labute approximate surface area is 168 Å². The molecule has 150 valence electrons. The number of hydrogen-bond acceptors (Lipinski definition) is 6. The van der Waals surface area contributed by atoms with E-state index in [9.17, 15) is 9.59 Å². The van der Waals surface area contributed by atoms with Gasteiger partial charge in [-0.3, -0.25) is 4.79 Å². The minimum Gasteiger partial charge on any atom is -0.493 e. The summed E-state index contributed by atoms with van der Waals surface area (Å²) in [6.07, 6.45) is 0.782. The van der Waals surface area contributed by atoms with Gasteiger partial charge >= 0.3 is 5.97 Å². The van der Waals surface area contributed by atoms with Crippen molar-refractivity contribution in [3.8, 4) is 11.5 Å². The fourth-order valence-electron chi connectivity index (χ4n) is 2.49. The highest BCUT2D eigenvalue weighted by molar-refractivity contribution is 6.31. The summed E-state index contributed by atoms with van der Waals surface area (Å²) in [5.41, 5.74) is 7.05. The van der Waals surface area contributed by atoms with E-state index < -0.39 is 5.97 Å². The van der Waals surface area contributed by atoms with Crippen LogP contribution in [-0.4, -0.2) is 39.2 Å². The molecule has 3 N–H and O–H groups in total. The van der Waals surface area contributed by atoms with Crippen LogP contribution in [0.1, 0.15) is 22.3 Å². The van der Waals surface area contributed by atoms with E-state index in [0.29, 0.717) is 36.1 Å². The number of esters is 1. The van der Waals surface area contributed by atoms with Crippen LogP contribution < -0.4 is 20.5 Å². The van der Waals surface area contributed by atoms with Gasteiger partial charge in [0.25, 0.3) is 0 Å². The Morgan fingerprint density at radius 1 is 1.14 bits per heavy atom. The molecule has 7 nitrogen and oxygen atoms in total. The molecule has 2 aromatic carbocycles. The second kappa shape index (κ2) is 10.4. The zero-order valence-electron chi connectivity index (χ0n) is 15.8. The Kier molecular flexibility index (Phi) is 7.95. The van der Waals surface area contributed by atoms with Gasteiger partial charge in [-0.25, -0.2) is 4.79 Å². The maximum atomic E-state index is 12.0. The van der Waals surface area contributed by atoms with Crippen LogP contribution in [0.5, 0.6) is 11.5 Å². The van der Waals surface area contributed by atoms with Crippen molar-refractivity contribution >= 4 is 29.2 Å². The minimum absolute atomic E-state index is 0.119. The topological polar surface area (TPSA) is 99.9 Å². The molecule has 0 aromatic heterocycles. The van der Waals surface area contributed by atoms with Crippen molar-refractivity contribution in [3.63, 3.8) is 0 Å². The molecule has 0 aliphatic rings. The molecule has 0 fully saturated rings. The quantitative estimate of drug-likeness (QED) is 0.377. The number of hydrogen-bond donors (Lipinski definition) is 2. The monoisotopic (exact) mass is 406 g/mol. The van der Waals surface area contributed by atoms with Crippen LogP contribution in [0.25, 0.3) is 0 Å². The molecule has 28 heavy (non-hydrogen) atoms. The molecular weight excluding hydrogens is 384 g/mol. The molecule has 0 saturated heterocycles.